The molecule has 1 aliphatic heterocycles. The highest BCUT2D eigenvalue weighted by Gasteiger charge is 2.51. The molecule has 0 spiro atoms. The summed E-state index contributed by atoms with van der Waals surface area (Å²) < 4.78 is 9.16. The molecule has 29 heavy (non-hydrogen) atoms. The Kier molecular flexibility index (Phi) is 5.53. The van der Waals surface area contributed by atoms with Gasteiger partial charge in [-0.15, -0.1) is 0 Å². The molecule has 148 valence electrons. The van der Waals surface area contributed by atoms with Gasteiger partial charge in [0.15, 0.2) is 12.1 Å². The van der Waals surface area contributed by atoms with E-state index >= 15 is 0 Å². The molecule has 3 aromatic carbocycles. The summed E-state index contributed by atoms with van der Waals surface area (Å²) in [7, 11) is 2.18. The molecule has 3 atom stereocenters. The van der Waals surface area contributed by atoms with Crippen molar-refractivity contribution in [3.63, 3.8) is 0 Å². The summed E-state index contributed by atoms with van der Waals surface area (Å²) in [4.78, 5) is 0. The maximum atomic E-state index is 6.80. The number of hydrogen-bond acceptors (Lipinski definition) is 1. The van der Waals surface area contributed by atoms with Crippen molar-refractivity contribution in [3.8, 4) is 0 Å². The van der Waals surface area contributed by atoms with E-state index < -0.39 is 0 Å². The zero-order valence-corrected chi connectivity index (χ0v) is 17.6. The van der Waals surface area contributed by atoms with Gasteiger partial charge in [0, 0.05) is 6.92 Å². The molecule has 0 aliphatic carbocycles. The topological polar surface area (TPSA) is 12.2 Å². The summed E-state index contributed by atoms with van der Waals surface area (Å²) in [5, 5.41) is 0. The summed E-state index contributed by atoms with van der Waals surface area (Å²) in [6, 6.07) is 32.5. The molecule has 0 fully saturated rings. The Bertz CT molecular complexity index is 965. The Labute approximate surface area is 174 Å². The first-order chi connectivity index (χ1) is 14.2. The lowest BCUT2D eigenvalue weighted by atomic mass is 9.73. The van der Waals surface area contributed by atoms with E-state index in [4.69, 9.17) is 4.74 Å². The van der Waals surface area contributed by atoms with Crippen LogP contribution in [-0.2, 0) is 16.6 Å². The molecule has 0 saturated heterocycles. The van der Waals surface area contributed by atoms with E-state index in [9.17, 15) is 0 Å². The number of ether oxygens (including phenoxy) is 1. The fourth-order valence-electron chi connectivity index (χ4n) is 4.61. The van der Waals surface area contributed by atoms with Crippen LogP contribution in [0, 0.1) is 0 Å². The lowest BCUT2D eigenvalue weighted by molar-refractivity contribution is -0.530. The third kappa shape index (κ3) is 3.60. The standard InChI is InChI=1S/C27H30NO/c1-4-27(24-18-12-7-13-19-24,20-22-14-8-5-9-15-22)26-28(3)21(2)25(29-26)23-16-10-6-11-17-23/h5-19,21,25H,4,20H2,1-3H3/q+1/t21-,25-,27+/m0/s1. The first kappa shape index (κ1) is 19.4. The van der Waals surface area contributed by atoms with E-state index in [-0.39, 0.29) is 17.6 Å². The number of likely N-dealkylation sites (N-methyl/N-ethyl adjacent to an activating group) is 1. The summed E-state index contributed by atoms with van der Waals surface area (Å²) in [5.74, 6) is 1.08. The maximum Gasteiger partial charge on any atom is 0.348 e. The van der Waals surface area contributed by atoms with E-state index in [0.29, 0.717) is 0 Å². The van der Waals surface area contributed by atoms with Crippen LogP contribution in [0.1, 0.15) is 43.1 Å². The third-order valence-corrected chi connectivity index (χ3v) is 6.42. The van der Waals surface area contributed by atoms with Crippen molar-refractivity contribution < 1.29 is 9.31 Å². The van der Waals surface area contributed by atoms with Crippen molar-refractivity contribution in [2.24, 2.45) is 0 Å². The number of benzene rings is 3. The molecular formula is C27H30NO+. The van der Waals surface area contributed by atoms with Gasteiger partial charge in [-0.1, -0.05) is 97.9 Å². The quantitative estimate of drug-likeness (QED) is 0.491. The first-order valence-electron chi connectivity index (χ1n) is 10.6. The number of hydrogen-bond donors (Lipinski definition) is 0. The molecule has 0 unspecified atom stereocenters. The van der Waals surface area contributed by atoms with Crippen LogP contribution in [0.15, 0.2) is 91.0 Å². The van der Waals surface area contributed by atoms with Gasteiger partial charge in [-0.3, -0.25) is 0 Å². The minimum absolute atomic E-state index is 0.0432. The lowest BCUT2D eigenvalue weighted by Gasteiger charge is -2.30. The predicted octanol–water partition coefficient (Wildman–Crippen LogP) is 5.78. The molecule has 1 aliphatic rings. The van der Waals surface area contributed by atoms with Crippen molar-refractivity contribution >= 4 is 5.90 Å². The fourth-order valence-corrected chi connectivity index (χ4v) is 4.61. The van der Waals surface area contributed by atoms with Crippen LogP contribution in [-0.4, -0.2) is 23.6 Å². The van der Waals surface area contributed by atoms with Crippen molar-refractivity contribution in [1.29, 1.82) is 0 Å². The molecule has 0 radical (unpaired) electrons. The predicted molar refractivity (Wildman–Crippen MR) is 119 cm³/mol. The summed E-state index contributed by atoms with van der Waals surface area (Å²) >= 11 is 0. The fraction of sp³-hybridized carbons (Fsp3) is 0.296. The van der Waals surface area contributed by atoms with Crippen LogP contribution in [0.25, 0.3) is 0 Å². The lowest BCUT2D eigenvalue weighted by Crippen LogP contribution is -2.41. The van der Waals surface area contributed by atoms with E-state index in [1.165, 1.54) is 16.7 Å². The Morgan fingerprint density at radius 3 is 1.97 bits per heavy atom. The van der Waals surface area contributed by atoms with Crippen molar-refractivity contribution in [1.82, 2.24) is 0 Å². The van der Waals surface area contributed by atoms with E-state index in [1.54, 1.807) is 0 Å². The first-order valence-corrected chi connectivity index (χ1v) is 10.6. The molecule has 1 heterocycles. The Morgan fingerprint density at radius 1 is 0.828 bits per heavy atom. The van der Waals surface area contributed by atoms with Crippen LogP contribution in [0.4, 0.5) is 0 Å². The van der Waals surface area contributed by atoms with E-state index in [2.05, 4.69) is 116 Å². The van der Waals surface area contributed by atoms with Crippen molar-refractivity contribution in [2.45, 2.75) is 44.2 Å². The molecule has 3 aromatic rings. The average Bonchev–Trinajstić information content (AvgIpc) is 3.09. The van der Waals surface area contributed by atoms with Crippen LogP contribution in [0.3, 0.4) is 0 Å². The zero-order chi connectivity index (χ0) is 20.3. The maximum absolute atomic E-state index is 6.80. The van der Waals surface area contributed by atoms with Gasteiger partial charge >= 0.3 is 5.90 Å². The smallest absolute Gasteiger partial charge is 0.348 e. The van der Waals surface area contributed by atoms with Crippen molar-refractivity contribution in [3.05, 3.63) is 108 Å². The largest absolute Gasteiger partial charge is 0.432 e. The van der Waals surface area contributed by atoms with Gasteiger partial charge in [-0.05, 0) is 29.5 Å². The minimum atomic E-state index is -0.199. The monoisotopic (exact) mass is 384 g/mol. The molecular weight excluding hydrogens is 354 g/mol. The SMILES string of the molecule is CC[C@](Cc1ccccc1)(C1=[N+](C)[C@@H](C)[C@@H](c2ccccc2)O1)c1ccccc1. The molecule has 0 bridgehead atoms. The molecule has 0 aromatic heterocycles. The Morgan fingerprint density at radius 2 is 1.38 bits per heavy atom. The number of rotatable bonds is 6. The van der Waals surface area contributed by atoms with E-state index in [0.717, 1.165) is 18.7 Å². The second kappa shape index (κ2) is 8.24. The van der Waals surface area contributed by atoms with Crippen LogP contribution in [0.2, 0.25) is 0 Å². The van der Waals surface area contributed by atoms with Gasteiger partial charge < -0.3 is 4.74 Å². The van der Waals surface area contributed by atoms with Gasteiger partial charge in [-0.25, -0.2) is 0 Å². The highest BCUT2D eigenvalue weighted by atomic mass is 16.5. The Balaban J connectivity index is 1.80. The number of nitrogens with zero attached hydrogens (tertiary/aromatic N) is 1. The highest BCUT2D eigenvalue weighted by molar-refractivity contribution is 5.86. The third-order valence-electron chi connectivity index (χ3n) is 6.42. The van der Waals surface area contributed by atoms with Gasteiger partial charge in [0.05, 0.1) is 0 Å². The van der Waals surface area contributed by atoms with Gasteiger partial charge in [0.2, 0.25) is 0 Å². The summed E-state index contributed by atoms with van der Waals surface area (Å²) in [6.45, 7) is 4.54. The zero-order valence-electron chi connectivity index (χ0n) is 17.6. The molecule has 0 saturated carbocycles. The van der Waals surface area contributed by atoms with Gasteiger partial charge in [0.25, 0.3) is 0 Å². The normalized spacial score (nSPS) is 20.9. The highest BCUT2D eigenvalue weighted by Crippen LogP contribution is 2.40. The second-order valence-corrected chi connectivity index (χ2v) is 8.07. The van der Waals surface area contributed by atoms with Gasteiger partial charge in [-0.2, -0.15) is 4.58 Å². The van der Waals surface area contributed by atoms with Crippen LogP contribution >= 0.6 is 0 Å². The van der Waals surface area contributed by atoms with Gasteiger partial charge in [0.1, 0.15) is 12.5 Å². The summed E-state index contributed by atoms with van der Waals surface area (Å²) in [5.41, 5.74) is 3.68. The van der Waals surface area contributed by atoms with Crippen molar-refractivity contribution in [2.75, 3.05) is 7.05 Å². The molecule has 2 heteroatoms. The minimum Gasteiger partial charge on any atom is -0.432 e. The van der Waals surface area contributed by atoms with Crippen LogP contribution in [0.5, 0.6) is 0 Å². The summed E-state index contributed by atoms with van der Waals surface area (Å²) in [6.07, 6.45) is 1.93. The molecule has 4 rings (SSSR count). The molecule has 0 amide bonds. The van der Waals surface area contributed by atoms with E-state index in [1.807, 2.05) is 0 Å². The molecule has 2 nitrogen and oxygen atoms in total. The van der Waals surface area contributed by atoms with Crippen LogP contribution < -0.4 is 0 Å². The Hall–Kier alpha value is -2.87. The molecule has 0 N–H and O–H groups in total. The second-order valence-electron chi connectivity index (χ2n) is 8.07. The average molecular weight is 385 g/mol.